The molecule has 0 aliphatic rings. The highest BCUT2D eigenvalue weighted by Gasteiger charge is 2.08. The third-order valence-corrected chi connectivity index (χ3v) is 3.63. The van der Waals surface area contributed by atoms with Crippen molar-refractivity contribution in [3.8, 4) is 17.2 Å². The SMILES string of the molecule is CCCOc1ccc(C(=O)NCC(=O)N/N=C/c2cc(OC)ccc2O)cc1. The van der Waals surface area contributed by atoms with E-state index in [4.69, 9.17) is 9.47 Å². The minimum absolute atomic E-state index is 0.00142. The number of methoxy groups -OCH3 is 1. The maximum atomic E-state index is 12.1. The first-order valence-corrected chi connectivity index (χ1v) is 8.73. The zero-order chi connectivity index (χ0) is 20.4. The van der Waals surface area contributed by atoms with E-state index in [1.165, 1.54) is 19.4 Å². The maximum absolute atomic E-state index is 12.1. The van der Waals surface area contributed by atoms with Crippen molar-refractivity contribution in [2.24, 2.45) is 5.10 Å². The van der Waals surface area contributed by atoms with E-state index in [2.05, 4.69) is 15.8 Å². The van der Waals surface area contributed by atoms with Crippen LogP contribution in [0, 0.1) is 0 Å². The van der Waals surface area contributed by atoms with Crippen molar-refractivity contribution in [2.75, 3.05) is 20.3 Å². The van der Waals surface area contributed by atoms with Gasteiger partial charge in [-0.05, 0) is 48.9 Å². The van der Waals surface area contributed by atoms with Crippen molar-refractivity contribution in [1.82, 2.24) is 10.7 Å². The van der Waals surface area contributed by atoms with E-state index in [1.807, 2.05) is 6.92 Å². The number of carbonyl (C=O) groups excluding carboxylic acids is 2. The average molecular weight is 385 g/mol. The molecule has 8 nitrogen and oxygen atoms in total. The van der Waals surface area contributed by atoms with Crippen LogP contribution in [0.5, 0.6) is 17.2 Å². The second-order valence-corrected chi connectivity index (χ2v) is 5.77. The molecule has 0 unspecified atom stereocenters. The van der Waals surface area contributed by atoms with Crippen LogP contribution >= 0.6 is 0 Å². The summed E-state index contributed by atoms with van der Waals surface area (Å²) in [6.07, 6.45) is 2.18. The van der Waals surface area contributed by atoms with Gasteiger partial charge in [0.2, 0.25) is 0 Å². The third-order valence-electron chi connectivity index (χ3n) is 3.63. The van der Waals surface area contributed by atoms with Gasteiger partial charge in [-0.25, -0.2) is 5.43 Å². The molecular formula is C20H23N3O5. The molecule has 2 amide bonds. The van der Waals surface area contributed by atoms with E-state index >= 15 is 0 Å². The molecule has 0 fully saturated rings. The van der Waals surface area contributed by atoms with Crippen molar-refractivity contribution >= 4 is 18.0 Å². The van der Waals surface area contributed by atoms with Crippen molar-refractivity contribution in [2.45, 2.75) is 13.3 Å². The molecule has 2 aromatic carbocycles. The van der Waals surface area contributed by atoms with Gasteiger partial charge in [0.25, 0.3) is 11.8 Å². The second-order valence-electron chi connectivity index (χ2n) is 5.77. The fourth-order valence-electron chi connectivity index (χ4n) is 2.16. The minimum atomic E-state index is -0.505. The fraction of sp³-hybridized carbons (Fsp3) is 0.250. The van der Waals surface area contributed by atoms with Crippen molar-refractivity contribution < 1.29 is 24.2 Å². The van der Waals surface area contributed by atoms with E-state index in [0.29, 0.717) is 29.2 Å². The molecule has 0 atom stereocenters. The molecule has 0 aromatic heterocycles. The Morgan fingerprint density at radius 3 is 2.54 bits per heavy atom. The van der Waals surface area contributed by atoms with Gasteiger partial charge in [0.15, 0.2) is 0 Å². The molecule has 0 bridgehead atoms. The first-order chi connectivity index (χ1) is 13.5. The van der Waals surface area contributed by atoms with Crippen molar-refractivity contribution in [1.29, 1.82) is 0 Å². The Labute approximate surface area is 163 Å². The van der Waals surface area contributed by atoms with Crippen LogP contribution in [0.25, 0.3) is 0 Å². The number of nitrogens with zero attached hydrogens (tertiary/aromatic N) is 1. The minimum Gasteiger partial charge on any atom is -0.507 e. The number of hydrogen-bond donors (Lipinski definition) is 3. The number of carbonyl (C=O) groups is 2. The molecule has 0 radical (unpaired) electrons. The summed E-state index contributed by atoms with van der Waals surface area (Å²) in [5.41, 5.74) is 3.08. The standard InChI is InChI=1S/C20H23N3O5/c1-3-10-28-16-6-4-14(5-7-16)20(26)21-13-19(25)23-22-12-15-11-17(27-2)8-9-18(15)24/h4-9,11-12,24H,3,10,13H2,1-2H3,(H,21,26)(H,23,25)/b22-12+. The lowest BCUT2D eigenvalue weighted by molar-refractivity contribution is -0.120. The summed E-state index contributed by atoms with van der Waals surface area (Å²) in [5.74, 6) is 0.343. The van der Waals surface area contributed by atoms with Gasteiger partial charge in [-0.15, -0.1) is 0 Å². The number of hydrazone groups is 1. The predicted octanol–water partition coefficient (Wildman–Crippen LogP) is 2.07. The molecule has 2 rings (SSSR count). The zero-order valence-electron chi connectivity index (χ0n) is 15.8. The smallest absolute Gasteiger partial charge is 0.259 e. The normalized spacial score (nSPS) is 10.5. The number of benzene rings is 2. The Hall–Kier alpha value is -3.55. The lowest BCUT2D eigenvalue weighted by atomic mass is 10.2. The highest BCUT2D eigenvalue weighted by atomic mass is 16.5. The van der Waals surface area contributed by atoms with Crippen molar-refractivity contribution in [3.05, 3.63) is 53.6 Å². The molecule has 2 aromatic rings. The summed E-state index contributed by atoms with van der Waals surface area (Å²) in [7, 11) is 1.50. The van der Waals surface area contributed by atoms with Gasteiger partial charge in [0.05, 0.1) is 26.5 Å². The number of phenolic OH excluding ortho intramolecular Hbond substituents is 1. The van der Waals surface area contributed by atoms with E-state index in [1.54, 1.807) is 36.4 Å². The molecule has 0 saturated carbocycles. The van der Waals surface area contributed by atoms with Crippen LogP contribution in [-0.2, 0) is 4.79 Å². The number of phenols is 1. The number of rotatable bonds is 9. The lowest BCUT2D eigenvalue weighted by Gasteiger charge is -2.07. The van der Waals surface area contributed by atoms with Crippen LogP contribution in [0.15, 0.2) is 47.6 Å². The van der Waals surface area contributed by atoms with E-state index < -0.39 is 5.91 Å². The van der Waals surface area contributed by atoms with Gasteiger partial charge in [-0.1, -0.05) is 6.92 Å². The molecule has 0 aliphatic carbocycles. The third kappa shape index (κ3) is 6.31. The van der Waals surface area contributed by atoms with Crippen LogP contribution in [0.1, 0.15) is 29.3 Å². The summed E-state index contributed by atoms with van der Waals surface area (Å²) in [6, 6.07) is 11.3. The Bertz CT molecular complexity index is 834. The Balaban J connectivity index is 1.81. The summed E-state index contributed by atoms with van der Waals surface area (Å²) >= 11 is 0. The summed E-state index contributed by atoms with van der Waals surface area (Å²) in [4.78, 5) is 23.9. The van der Waals surface area contributed by atoms with Crippen LogP contribution in [-0.4, -0.2) is 43.4 Å². The number of hydrogen-bond acceptors (Lipinski definition) is 6. The number of amides is 2. The molecule has 0 spiro atoms. The van der Waals surface area contributed by atoms with Crippen LogP contribution in [0.4, 0.5) is 0 Å². The van der Waals surface area contributed by atoms with Crippen LogP contribution < -0.4 is 20.2 Å². The highest BCUT2D eigenvalue weighted by molar-refractivity contribution is 5.96. The number of nitrogens with one attached hydrogen (secondary N) is 2. The van der Waals surface area contributed by atoms with Crippen LogP contribution in [0.2, 0.25) is 0 Å². The van der Waals surface area contributed by atoms with E-state index in [0.717, 1.165) is 6.42 Å². The topological polar surface area (TPSA) is 109 Å². The number of aromatic hydroxyl groups is 1. The maximum Gasteiger partial charge on any atom is 0.259 e. The molecule has 0 aliphatic heterocycles. The first-order valence-electron chi connectivity index (χ1n) is 8.73. The first kappa shape index (κ1) is 20.8. The molecule has 28 heavy (non-hydrogen) atoms. The van der Waals surface area contributed by atoms with Gasteiger partial charge in [0.1, 0.15) is 17.2 Å². The Morgan fingerprint density at radius 1 is 1.14 bits per heavy atom. The van der Waals surface area contributed by atoms with Gasteiger partial charge >= 0.3 is 0 Å². The quantitative estimate of drug-likeness (QED) is 0.452. The van der Waals surface area contributed by atoms with Gasteiger partial charge in [-0.2, -0.15) is 5.10 Å². The summed E-state index contributed by atoms with van der Waals surface area (Å²) in [5, 5.41) is 16.0. The number of ether oxygens (including phenoxy) is 2. The fourth-order valence-corrected chi connectivity index (χ4v) is 2.16. The van der Waals surface area contributed by atoms with Crippen molar-refractivity contribution in [3.63, 3.8) is 0 Å². The molecule has 0 heterocycles. The van der Waals surface area contributed by atoms with E-state index in [9.17, 15) is 14.7 Å². The van der Waals surface area contributed by atoms with Gasteiger partial charge in [-0.3, -0.25) is 9.59 Å². The molecule has 0 saturated heterocycles. The molecular weight excluding hydrogens is 362 g/mol. The van der Waals surface area contributed by atoms with Gasteiger partial charge in [0, 0.05) is 11.1 Å². The second kappa shape index (κ2) is 10.6. The Morgan fingerprint density at radius 2 is 1.86 bits per heavy atom. The largest absolute Gasteiger partial charge is 0.507 e. The molecule has 8 heteroatoms. The van der Waals surface area contributed by atoms with Gasteiger partial charge < -0.3 is 19.9 Å². The van der Waals surface area contributed by atoms with E-state index in [-0.39, 0.29) is 18.2 Å². The lowest BCUT2D eigenvalue weighted by Crippen LogP contribution is -2.34. The summed E-state index contributed by atoms with van der Waals surface area (Å²) < 4.78 is 10.5. The summed E-state index contributed by atoms with van der Waals surface area (Å²) in [6.45, 7) is 2.38. The zero-order valence-corrected chi connectivity index (χ0v) is 15.8. The predicted molar refractivity (Wildman–Crippen MR) is 105 cm³/mol. The highest BCUT2D eigenvalue weighted by Crippen LogP contribution is 2.20. The molecule has 148 valence electrons. The van der Waals surface area contributed by atoms with Crippen LogP contribution in [0.3, 0.4) is 0 Å². The Kier molecular flexibility index (Phi) is 7.83. The monoisotopic (exact) mass is 385 g/mol. The molecule has 3 N–H and O–H groups in total. The average Bonchev–Trinajstić information content (AvgIpc) is 2.72.